The van der Waals surface area contributed by atoms with Gasteiger partial charge in [0.2, 0.25) is 0 Å². The van der Waals surface area contributed by atoms with Crippen LogP contribution in [0, 0.1) is 0 Å². The quantitative estimate of drug-likeness (QED) is 0.410. The molecule has 9 nitrogen and oxygen atoms in total. The first kappa shape index (κ1) is 19.1. The average Bonchev–Trinajstić information content (AvgIpc) is 2.72. The summed E-state index contributed by atoms with van der Waals surface area (Å²) in [5, 5.41) is 21.2. The van der Waals surface area contributed by atoms with Crippen LogP contribution in [0.15, 0.2) is 45.6 Å². The molecule has 2 atom stereocenters. The van der Waals surface area contributed by atoms with Crippen molar-refractivity contribution < 1.29 is 37.6 Å². The van der Waals surface area contributed by atoms with Gasteiger partial charge in [0.1, 0.15) is 28.2 Å². The van der Waals surface area contributed by atoms with Gasteiger partial charge in [-0.2, -0.15) is 0 Å². The van der Waals surface area contributed by atoms with Gasteiger partial charge in [-0.3, -0.25) is 9.32 Å². The van der Waals surface area contributed by atoms with Crippen molar-refractivity contribution in [2.75, 3.05) is 20.1 Å². The Hall–Kier alpha value is -2.39. The van der Waals surface area contributed by atoms with E-state index in [0.29, 0.717) is 5.56 Å². The van der Waals surface area contributed by atoms with Crippen LogP contribution in [0.3, 0.4) is 0 Å². The molecule has 3 aromatic rings. The van der Waals surface area contributed by atoms with E-state index in [-0.39, 0.29) is 40.3 Å². The third kappa shape index (κ3) is 4.41. The van der Waals surface area contributed by atoms with E-state index in [4.69, 9.17) is 24.7 Å². The number of rotatable bonds is 4. The molecule has 4 rings (SSSR count). The fourth-order valence-corrected chi connectivity index (χ4v) is 4.80. The Morgan fingerprint density at radius 1 is 1.25 bits per heavy atom. The molecule has 11 heteroatoms. The van der Waals surface area contributed by atoms with Crippen molar-refractivity contribution in [3.63, 3.8) is 0 Å². The van der Waals surface area contributed by atoms with Gasteiger partial charge in [-0.25, -0.2) is 4.57 Å². The highest BCUT2D eigenvalue weighted by Gasteiger charge is 2.38. The molecule has 2 heterocycles. The van der Waals surface area contributed by atoms with Crippen LogP contribution >= 0.6 is 19.4 Å². The van der Waals surface area contributed by atoms with Gasteiger partial charge >= 0.3 is 7.82 Å². The highest BCUT2D eigenvalue weighted by Crippen LogP contribution is 2.47. The van der Waals surface area contributed by atoms with Crippen molar-refractivity contribution in [3.05, 3.63) is 57.2 Å². The zero-order chi connectivity index (χ0) is 25.7. The Balaban J connectivity index is 1.94. The van der Waals surface area contributed by atoms with E-state index < -0.39 is 50.3 Å². The number of piperidine rings is 1. The van der Waals surface area contributed by atoms with Gasteiger partial charge in [-0.1, -0.05) is 23.7 Å². The molecule has 1 aromatic heterocycles. The van der Waals surface area contributed by atoms with Gasteiger partial charge in [0.15, 0.2) is 5.43 Å². The second kappa shape index (κ2) is 8.51. The van der Waals surface area contributed by atoms with Crippen molar-refractivity contribution in [1.29, 1.82) is 0 Å². The number of phosphoric acid groups is 1. The largest absolute Gasteiger partial charge is 0.507 e. The molecule has 0 aliphatic carbocycles. The van der Waals surface area contributed by atoms with Gasteiger partial charge in [-0.05, 0) is 32.1 Å². The summed E-state index contributed by atoms with van der Waals surface area (Å²) in [6.07, 6.45) is -1.41. The highest BCUT2D eigenvalue weighted by molar-refractivity contribution is 7.46. The third-order valence-electron chi connectivity index (χ3n) is 5.34. The Labute approximate surface area is 191 Å². The zero-order valence-corrected chi connectivity index (χ0v) is 18.1. The van der Waals surface area contributed by atoms with Crippen molar-refractivity contribution in [2.45, 2.75) is 18.4 Å². The molecule has 0 unspecified atom stereocenters. The summed E-state index contributed by atoms with van der Waals surface area (Å²) in [7, 11) is -5.08. The number of benzene rings is 2. The molecular weight excluding hydrogens is 461 g/mol. The number of hydrogen-bond donors (Lipinski definition) is 4. The number of phosphoric ester groups is 1. The molecule has 32 heavy (non-hydrogen) atoms. The minimum atomic E-state index is -5.08. The fourth-order valence-electron chi connectivity index (χ4n) is 4.00. The predicted molar refractivity (Wildman–Crippen MR) is 118 cm³/mol. The van der Waals surface area contributed by atoms with Crippen LogP contribution in [0.1, 0.15) is 22.0 Å². The van der Waals surface area contributed by atoms with Gasteiger partial charge in [0.05, 0.1) is 11.1 Å². The van der Waals surface area contributed by atoms with E-state index in [2.05, 4.69) is 0 Å². The number of hydrogen-bond acceptors (Lipinski definition) is 7. The molecule has 1 saturated heterocycles. The molecule has 0 amide bonds. The Morgan fingerprint density at radius 2 is 2.00 bits per heavy atom. The van der Waals surface area contributed by atoms with Crippen molar-refractivity contribution in [2.24, 2.45) is 0 Å². The van der Waals surface area contributed by atoms with Crippen LogP contribution in [0.5, 0.6) is 11.5 Å². The van der Waals surface area contributed by atoms with Gasteiger partial charge in [0.25, 0.3) is 0 Å². The van der Waals surface area contributed by atoms with E-state index in [1.54, 1.807) is 24.3 Å². The fraction of sp³-hybridized carbons (Fsp3) is 0.286. The number of likely N-dealkylation sites (N-methyl/N-ethyl adjacent to an activating group) is 1. The second-order valence-electron chi connectivity index (χ2n) is 7.46. The average molecular weight is 485 g/mol. The maximum absolute atomic E-state index is 13.0. The van der Waals surface area contributed by atoms with E-state index in [1.165, 1.54) is 0 Å². The summed E-state index contributed by atoms with van der Waals surface area (Å²) >= 11 is 6.24. The van der Waals surface area contributed by atoms with Gasteiger partial charge in [0, 0.05) is 39.8 Å². The molecular formula is C21H21ClNO8P. The summed E-state index contributed by atoms with van der Waals surface area (Å²) in [6.45, 7) is -2.98. The molecule has 4 N–H and O–H groups in total. The molecule has 1 fully saturated rings. The van der Waals surface area contributed by atoms with Crippen LogP contribution in [0.2, 0.25) is 5.02 Å². The lowest BCUT2D eigenvalue weighted by Crippen LogP contribution is -2.41. The first-order valence-corrected chi connectivity index (χ1v) is 11.4. The summed E-state index contributed by atoms with van der Waals surface area (Å²) < 4.78 is 45.5. The Bertz CT molecular complexity index is 1390. The van der Waals surface area contributed by atoms with E-state index >= 15 is 0 Å². The Kier molecular flexibility index (Phi) is 5.09. The lowest BCUT2D eigenvalue weighted by Gasteiger charge is -2.36. The number of halogens is 1. The lowest BCUT2D eigenvalue weighted by atomic mass is 9.85. The minimum Gasteiger partial charge on any atom is -0.507 e. The second-order valence-corrected chi connectivity index (χ2v) is 9.06. The molecule has 0 saturated carbocycles. The number of aromatic hydroxyl groups is 2. The smallest absolute Gasteiger partial charge is 0.469 e. The number of phenolic OH excluding ortho intramolecular Hbond substituents is 2. The molecule has 0 spiro atoms. The van der Waals surface area contributed by atoms with Crippen LogP contribution in [-0.2, 0) is 9.09 Å². The van der Waals surface area contributed by atoms with E-state index in [0.717, 1.165) is 17.0 Å². The first-order valence-electron chi connectivity index (χ1n) is 11.0. The minimum absolute atomic E-state index is 0.0173. The van der Waals surface area contributed by atoms with Crippen molar-refractivity contribution >= 4 is 30.4 Å². The van der Waals surface area contributed by atoms with Crippen LogP contribution in [0.25, 0.3) is 22.3 Å². The summed E-state index contributed by atoms with van der Waals surface area (Å²) in [4.78, 5) is 32.9. The van der Waals surface area contributed by atoms with Crippen LogP contribution in [-0.4, -0.2) is 51.1 Å². The highest BCUT2D eigenvalue weighted by atomic mass is 35.5. The molecule has 0 bridgehead atoms. The van der Waals surface area contributed by atoms with Crippen LogP contribution in [0.4, 0.5) is 0 Å². The third-order valence-corrected chi connectivity index (χ3v) is 6.21. The van der Waals surface area contributed by atoms with Crippen LogP contribution < -0.4 is 5.43 Å². The Morgan fingerprint density at radius 3 is 2.69 bits per heavy atom. The first-order chi connectivity index (χ1) is 16.3. The standard InChI is InChI=1S/C21H21ClNO8P/c1-23-7-6-12(18(10-23)31-32(27,28)29)19-14(24)8-15(25)20-16(26)9-17(30-21(19)20)11-4-2-3-5-13(11)22/h2-5,8-9,12,18,24-25H,6-7,10H2,1H3,(H2,27,28,29)/t12-,18+/m0/s1/i1D3. The lowest BCUT2D eigenvalue weighted by molar-refractivity contribution is 0.0544. The molecule has 1 aliphatic rings. The monoisotopic (exact) mass is 484 g/mol. The molecule has 0 radical (unpaired) electrons. The zero-order valence-electron chi connectivity index (χ0n) is 19.4. The van der Waals surface area contributed by atoms with Crippen molar-refractivity contribution in [1.82, 2.24) is 4.90 Å². The summed E-state index contributed by atoms with van der Waals surface area (Å²) in [6, 6.07) is 8.58. The molecule has 2 aromatic carbocycles. The maximum Gasteiger partial charge on any atom is 0.469 e. The number of fused-ring (bicyclic) bond motifs is 1. The summed E-state index contributed by atoms with van der Waals surface area (Å²) in [5.41, 5.74) is -0.557. The van der Waals surface area contributed by atoms with Gasteiger partial charge in [-0.15, -0.1) is 0 Å². The van der Waals surface area contributed by atoms with E-state index in [9.17, 15) is 29.4 Å². The maximum atomic E-state index is 13.0. The molecule has 170 valence electrons. The van der Waals surface area contributed by atoms with Gasteiger partial charge < -0.3 is 29.3 Å². The summed E-state index contributed by atoms with van der Waals surface area (Å²) in [5.74, 6) is -2.03. The SMILES string of the molecule is [2H]C([2H])([2H])N1CC[C@H](c2c(O)cc(O)c3c(=O)cc(-c4ccccc4Cl)oc23)[C@H](OP(=O)(O)O)C1. The van der Waals surface area contributed by atoms with E-state index in [1.807, 2.05) is 0 Å². The predicted octanol–water partition coefficient (Wildman–Crippen LogP) is 3.42. The normalized spacial score (nSPS) is 21.8. The topological polar surface area (TPSA) is 141 Å². The number of likely N-dealkylation sites (tertiary alicyclic amines) is 1. The molecule has 1 aliphatic heterocycles. The number of nitrogens with zero attached hydrogens (tertiary/aromatic N) is 1. The van der Waals surface area contributed by atoms with Crippen molar-refractivity contribution in [3.8, 4) is 22.8 Å². The number of phenols is 2.